The van der Waals surface area contributed by atoms with Gasteiger partial charge in [-0.25, -0.2) is 8.42 Å². The minimum absolute atomic E-state index is 0.0362. The number of rotatable bonds is 4. The van der Waals surface area contributed by atoms with Crippen LogP contribution in [0.1, 0.15) is 12.0 Å². The van der Waals surface area contributed by atoms with Crippen molar-refractivity contribution in [2.75, 3.05) is 13.2 Å². The number of aliphatic hydroxyl groups excluding tert-OH is 1. The van der Waals surface area contributed by atoms with Crippen molar-refractivity contribution in [2.24, 2.45) is 0 Å². The van der Waals surface area contributed by atoms with Gasteiger partial charge in [0.15, 0.2) is 9.84 Å². The molecule has 3 rings (SSSR count). The Morgan fingerprint density at radius 2 is 1.91 bits per heavy atom. The van der Waals surface area contributed by atoms with Crippen molar-refractivity contribution in [1.29, 1.82) is 0 Å². The maximum Gasteiger partial charge on any atom is 0.183 e. The Hall–Kier alpha value is -1.69. The summed E-state index contributed by atoms with van der Waals surface area (Å²) in [6.45, 7) is 2.31. The molecule has 23 heavy (non-hydrogen) atoms. The van der Waals surface area contributed by atoms with Crippen LogP contribution in [0.15, 0.2) is 53.4 Å². The third-order valence-corrected chi connectivity index (χ3v) is 6.57. The highest BCUT2D eigenvalue weighted by molar-refractivity contribution is 7.92. The fourth-order valence-electron chi connectivity index (χ4n) is 3.07. The van der Waals surface area contributed by atoms with Crippen molar-refractivity contribution in [2.45, 2.75) is 29.5 Å². The molecule has 1 aliphatic heterocycles. The molecular formula is C18H21NO3S. The van der Waals surface area contributed by atoms with Crippen LogP contribution in [0.5, 0.6) is 0 Å². The van der Waals surface area contributed by atoms with E-state index in [0.717, 1.165) is 16.7 Å². The van der Waals surface area contributed by atoms with Crippen molar-refractivity contribution in [3.63, 3.8) is 0 Å². The molecule has 1 fully saturated rings. The SMILES string of the molecule is Cc1ccc(S(=O)(=O)C2CNC(CO)C2)c(-c2ccccc2)c1. The fraction of sp³-hybridized carbons (Fsp3) is 0.333. The summed E-state index contributed by atoms with van der Waals surface area (Å²) in [5.74, 6) is 0. The zero-order valence-corrected chi connectivity index (χ0v) is 13.9. The van der Waals surface area contributed by atoms with Gasteiger partial charge in [-0.1, -0.05) is 48.0 Å². The molecule has 2 aromatic carbocycles. The summed E-state index contributed by atoms with van der Waals surface area (Å²) in [5.41, 5.74) is 2.68. The molecule has 122 valence electrons. The highest BCUT2D eigenvalue weighted by Gasteiger charge is 2.36. The zero-order chi connectivity index (χ0) is 16.4. The lowest BCUT2D eigenvalue weighted by Gasteiger charge is -2.16. The van der Waals surface area contributed by atoms with Crippen LogP contribution in [0.25, 0.3) is 11.1 Å². The van der Waals surface area contributed by atoms with E-state index in [1.54, 1.807) is 6.07 Å². The smallest absolute Gasteiger partial charge is 0.183 e. The monoisotopic (exact) mass is 331 g/mol. The molecule has 5 heteroatoms. The molecule has 1 aliphatic rings. The molecule has 2 atom stereocenters. The Balaban J connectivity index is 2.06. The van der Waals surface area contributed by atoms with Crippen molar-refractivity contribution in [3.05, 3.63) is 54.1 Å². The van der Waals surface area contributed by atoms with E-state index in [2.05, 4.69) is 5.32 Å². The molecule has 2 unspecified atom stereocenters. The topological polar surface area (TPSA) is 66.4 Å². The van der Waals surface area contributed by atoms with Gasteiger partial charge in [-0.3, -0.25) is 0 Å². The molecule has 0 radical (unpaired) electrons. The molecule has 1 saturated heterocycles. The molecule has 0 spiro atoms. The lowest BCUT2D eigenvalue weighted by Crippen LogP contribution is -2.25. The minimum atomic E-state index is -3.45. The van der Waals surface area contributed by atoms with Crippen molar-refractivity contribution in [3.8, 4) is 11.1 Å². The molecule has 0 bridgehead atoms. The van der Waals surface area contributed by atoms with Gasteiger partial charge in [0.2, 0.25) is 0 Å². The number of aliphatic hydroxyl groups is 1. The van der Waals surface area contributed by atoms with E-state index in [1.165, 1.54) is 0 Å². The van der Waals surface area contributed by atoms with Gasteiger partial charge in [-0.05, 0) is 25.0 Å². The molecule has 1 heterocycles. The van der Waals surface area contributed by atoms with E-state index >= 15 is 0 Å². The molecule has 4 nitrogen and oxygen atoms in total. The first-order chi connectivity index (χ1) is 11.0. The van der Waals surface area contributed by atoms with Crippen LogP contribution >= 0.6 is 0 Å². The van der Waals surface area contributed by atoms with Crippen molar-refractivity contribution >= 4 is 9.84 Å². The van der Waals surface area contributed by atoms with Crippen LogP contribution < -0.4 is 5.32 Å². The standard InChI is InChI=1S/C18H21NO3S/c1-13-7-8-18(17(9-13)14-5-3-2-4-6-14)23(21,22)16-10-15(12-20)19-11-16/h2-9,15-16,19-20H,10-12H2,1H3. The largest absolute Gasteiger partial charge is 0.395 e. The summed E-state index contributed by atoms with van der Waals surface area (Å²) in [6.07, 6.45) is 0.445. The van der Waals surface area contributed by atoms with Crippen LogP contribution in [0.2, 0.25) is 0 Å². The Morgan fingerprint density at radius 1 is 1.17 bits per heavy atom. The molecule has 0 aromatic heterocycles. The third kappa shape index (κ3) is 3.17. The van der Waals surface area contributed by atoms with E-state index in [4.69, 9.17) is 0 Å². The van der Waals surface area contributed by atoms with E-state index in [0.29, 0.717) is 17.9 Å². The Bertz CT molecular complexity index is 787. The minimum Gasteiger partial charge on any atom is -0.395 e. The van der Waals surface area contributed by atoms with Gasteiger partial charge in [-0.2, -0.15) is 0 Å². The summed E-state index contributed by atoms with van der Waals surface area (Å²) in [4.78, 5) is 0.375. The van der Waals surface area contributed by atoms with Gasteiger partial charge in [0.05, 0.1) is 16.8 Å². The number of benzene rings is 2. The van der Waals surface area contributed by atoms with E-state index < -0.39 is 15.1 Å². The van der Waals surface area contributed by atoms with Gasteiger partial charge in [0.1, 0.15) is 0 Å². The summed E-state index contributed by atoms with van der Waals surface area (Å²) in [7, 11) is -3.45. The Morgan fingerprint density at radius 3 is 2.57 bits per heavy atom. The Kier molecular flexibility index (Phi) is 4.53. The van der Waals surface area contributed by atoms with Crippen LogP contribution in [0.3, 0.4) is 0 Å². The quantitative estimate of drug-likeness (QED) is 0.901. The van der Waals surface area contributed by atoms with Gasteiger partial charge in [0, 0.05) is 18.2 Å². The number of nitrogens with one attached hydrogen (secondary N) is 1. The highest BCUT2D eigenvalue weighted by atomic mass is 32.2. The average Bonchev–Trinajstić information content (AvgIpc) is 3.05. The van der Waals surface area contributed by atoms with Crippen LogP contribution in [-0.2, 0) is 9.84 Å². The summed E-state index contributed by atoms with van der Waals surface area (Å²) in [5, 5.41) is 11.8. The lowest BCUT2D eigenvalue weighted by atomic mass is 10.0. The predicted molar refractivity (Wildman–Crippen MR) is 91.1 cm³/mol. The lowest BCUT2D eigenvalue weighted by molar-refractivity contribution is 0.255. The first kappa shape index (κ1) is 16.2. The average molecular weight is 331 g/mol. The predicted octanol–water partition coefficient (Wildman–Crippen LogP) is 2.16. The second-order valence-electron chi connectivity index (χ2n) is 6.06. The van der Waals surface area contributed by atoms with Gasteiger partial charge < -0.3 is 10.4 Å². The molecule has 0 saturated carbocycles. The third-order valence-electron chi connectivity index (χ3n) is 4.37. The summed E-state index contributed by atoms with van der Waals surface area (Å²) >= 11 is 0. The molecular weight excluding hydrogens is 310 g/mol. The van der Waals surface area contributed by atoms with E-state index in [1.807, 2.05) is 49.4 Å². The maximum absolute atomic E-state index is 13.1. The number of hydrogen-bond donors (Lipinski definition) is 2. The molecule has 0 aliphatic carbocycles. The second kappa shape index (κ2) is 6.43. The van der Waals surface area contributed by atoms with Gasteiger partial charge in [0.25, 0.3) is 0 Å². The van der Waals surface area contributed by atoms with E-state index in [9.17, 15) is 13.5 Å². The highest BCUT2D eigenvalue weighted by Crippen LogP contribution is 2.32. The van der Waals surface area contributed by atoms with E-state index in [-0.39, 0.29) is 12.6 Å². The van der Waals surface area contributed by atoms with Gasteiger partial charge in [-0.15, -0.1) is 0 Å². The van der Waals surface area contributed by atoms with Crippen LogP contribution in [0.4, 0.5) is 0 Å². The Labute approximate surface area is 137 Å². The van der Waals surface area contributed by atoms with Crippen LogP contribution in [0, 0.1) is 6.92 Å². The normalized spacial score (nSPS) is 21.5. The maximum atomic E-state index is 13.1. The molecule has 2 N–H and O–H groups in total. The zero-order valence-electron chi connectivity index (χ0n) is 13.1. The van der Waals surface area contributed by atoms with Crippen molar-refractivity contribution in [1.82, 2.24) is 5.32 Å². The number of aryl methyl sites for hydroxylation is 1. The first-order valence-electron chi connectivity index (χ1n) is 7.76. The van der Waals surface area contributed by atoms with Crippen LogP contribution in [-0.4, -0.2) is 38.0 Å². The van der Waals surface area contributed by atoms with Crippen molar-refractivity contribution < 1.29 is 13.5 Å². The fourth-order valence-corrected chi connectivity index (χ4v) is 4.97. The molecule has 2 aromatic rings. The summed E-state index contributed by atoms with van der Waals surface area (Å²) < 4.78 is 26.2. The van der Waals surface area contributed by atoms with Gasteiger partial charge >= 0.3 is 0 Å². The number of hydrogen-bond acceptors (Lipinski definition) is 4. The summed E-state index contributed by atoms with van der Waals surface area (Å²) in [6, 6.07) is 14.9. The second-order valence-corrected chi connectivity index (χ2v) is 8.25. The number of sulfone groups is 1. The molecule has 0 amide bonds. The first-order valence-corrected chi connectivity index (χ1v) is 9.31.